The van der Waals surface area contributed by atoms with Gasteiger partial charge in [0.1, 0.15) is 12.4 Å². The molecule has 0 aliphatic heterocycles. The number of carbonyl (C=O) groups excluding carboxylic acids is 1. The maximum Gasteiger partial charge on any atom is 0.373 e. The van der Waals surface area contributed by atoms with E-state index in [1.54, 1.807) is 31.4 Å². The van der Waals surface area contributed by atoms with Crippen molar-refractivity contribution < 1.29 is 19.3 Å². The smallest absolute Gasteiger partial charge is 0.373 e. The van der Waals surface area contributed by atoms with Gasteiger partial charge in [-0.2, -0.15) is 4.89 Å². The molecule has 0 saturated heterocycles. The van der Waals surface area contributed by atoms with E-state index in [0.29, 0.717) is 11.3 Å². The van der Waals surface area contributed by atoms with Gasteiger partial charge in [0, 0.05) is 0 Å². The number of hydrogen-bond donors (Lipinski definition) is 0. The largest absolute Gasteiger partial charge is 0.497 e. The van der Waals surface area contributed by atoms with E-state index in [4.69, 9.17) is 9.62 Å². The molecular formula is C13H17O4. The highest BCUT2D eigenvalue weighted by atomic mass is 17.2. The van der Waals surface area contributed by atoms with E-state index < -0.39 is 5.97 Å². The summed E-state index contributed by atoms with van der Waals surface area (Å²) in [5, 5.41) is 0. The van der Waals surface area contributed by atoms with Gasteiger partial charge in [-0.05, 0) is 29.7 Å². The first-order chi connectivity index (χ1) is 7.92. The summed E-state index contributed by atoms with van der Waals surface area (Å²) >= 11 is 0. The van der Waals surface area contributed by atoms with Gasteiger partial charge < -0.3 is 4.74 Å². The molecule has 0 atom stereocenters. The van der Waals surface area contributed by atoms with Crippen molar-refractivity contribution in [2.24, 2.45) is 5.41 Å². The SMILES string of the molecule is COc1ccc(C(=O)OO[CH]C(C)(C)C)cc1. The number of ether oxygens (including phenoxy) is 1. The fraction of sp³-hybridized carbons (Fsp3) is 0.385. The van der Waals surface area contributed by atoms with Gasteiger partial charge >= 0.3 is 5.97 Å². The molecule has 0 saturated carbocycles. The molecule has 4 heteroatoms. The molecule has 1 aromatic rings. The predicted molar refractivity (Wildman–Crippen MR) is 63.2 cm³/mol. The fourth-order valence-electron chi connectivity index (χ4n) is 0.987. The van der Waals surface area contributed by atoms with E-state index in [2.05, 4.69) is 4.89 Å². The van der Waals surface area contributed by atoms with E-state index in [-0.39, 0.29) is 5.41 Å². The molecule has 0 fully saturated rings. The summed E-state index contributed by atoms with van der Waals surface area (Å²) in [7, 11) is 1.56. The van der Waals surface area contributed by atoms with Gasteiger partial charge in [-0.25, -0.2) is 4.79 Å². The van der Waals surface area contributed by atoms with Crippen molar-refractivity contribution in [1.82, 2.24) is 0 Å². The third-order valence-electron chi connectivity index (χ3n) is 1.85. The second kappa shape index (κ2) is 5.68. The van der Waals surface area contributed by atoms with Crippen LogP contribution in [0.5, 0.6) is 5.75 Å². The van der Waals surface area contributed by atoms with Crippen molar-refractivity contribution in [1.29, 1.82) is 0 Å². The van der Waals surface area contributed by atoms with Crippen LogP contribution in [0.25, 0.3) is 0 Å². The second-order valence-corrected chi connectivity index (χ2v) is 4.68. The monoisotopic (exact) mass is 237 g/mol. The first-order valence-corrected chi connectivity index (χ1v) is 5.28. The molecule has 0 aromatic heterocycles. The first kappa shape index (κ1) is 13.5. The quantitative estimate of drug-likeness (QED) is 0.596. The van der Waals surface area contributed by atoms with Gasteiger partial charge in [-0.1, -0.05) is 20.8 Å². The molecule has 0 aliphatic carbocycles. The third-order valence-corrected chi connectivity index (χ3v) is 1.85. The second-order valence-electron chi connectivity index (χ2n) is 4.68. The number of methoxy groups -OCH3 is 1. The zero-order valence-electron chi connectivity index (χ0n) is 10.5. The molecule has 93 valence electrons. The van der Waals surface area contributed by atoms with E-state index in [1.165, 1.54) is 6.61 Å². The highest BCUT2D eigenvalue weighted by molar-refractivity contribution is 5.89. The van der Waals surface area contributed by atoms with E-state index in [9.17, 15) is 4.79 Å². The Balaban J connectivity index is 2.47. The summed E-state index contributed by atoms with van der Waals surface area (Å²) in [4.78, 5) is 20.9. The third kappa shape index (κ3) is 4.87. The normalized spacial score (nSPS) is 11.1. The molecule has 0 amide bonds. The van der Waals surface area contributed by atoms with E-state index in [1.807, 2.05) is 20.8 Å². The molecule has 1 radical (unpaired) electrons. The van der Waals surface area contributed by atoms with Gasteiger partial charge in [-0.3, -0.25) is 4.89 Å². The lowest BCUT2D eigenvalue weighted by Gasteiger charge is -2.15. The topological polar surface area (TPSA) is 44.8 Å². The Kier molecular flexibility index (Phi) is 4.52. The standard InChI is InChI=1S/C13H17O4/c1-13(2,3)9-16-17-12(14)10-5-7-11(15-4)8-6-10/h5-9H,1-4H3. The molecular weight excluding hydrogens is 220 g/mol. The van der Waals surface area contributed by atoms with Crippen molar-refractivity contribution in [3.8, 4) is 5.75 Å². The Hall–Kier alpha value is -1.55. The first-order valence-electron chi connectivity index (χ1n) is 5.28. The lowest BCUT2D eigenvalue weighted by molar-refractivity contribution is -0.224. The zero-order valence-corrected chi connectivity index (χ0v) is 10.5. The molecule has 0 aliphatic rings. The molecule has 17 heavy (non-hydrogen) atoms. The highest BCUT2D eigenvalue weighted by Crippen LogP contribution is 2.18. The van der Waals surface area contributed by atoms with Gasteiger partial charge in [0.15, 0.2) is 0 Å². The van der Waals surface area contributed by atoms with Crippen LogP contribution in [0.15, 0.2) is 24.3 Å². The van der Waals surface area contributed by atoms with Crippen LogP contribution in [-0.4, -0.2) is 13.1 Å². The summed E-state index contributed by atoms with van der Waals surface area (Å²) < 4.78 is 4.99. The van der Waals surface area contributed by atoms with Crippen LogP contribution < -0.4 is 4.74 Å². The van der Waals surface area contributed by atoms with Crippen LogP contribution in [0, 0.1) is 12.0 Å². The molecule has 0 N–H and O–H groups in total. The molecule has 0 spiro atoms. The zero-order chi connectivity index (χ0) is 12.9. The molecule has 0 heterocycles. The van der Waals surface area contributed by atoms with Crippen LogP contribution in [0.1, 0.15) is 31.1 Å². The molecule has 0 bridgehead atoms. The Labute approximate surface area is 101 Å². The van der Waals surface area contributed by atoms with Crippen molar-refractivity contribution in [2.75, 3.05) is 7.11 Å². The lowest BCUT2D eigenvalue weighted by atomic mass is 9.99. The van der Waals surface area contributed by atoms with Crippen LogP contribution in [0.2, 0.25) is 0 Å². The van der Waals surface area contributed by atoms with E-state index >= 15 is 0 Å². The van der Waals surface area contributed by atoms with Crippen molar-refractivity contribution in [3.63, 3.8) is 0 Å². The molecule has 4 nitrogen and oxygen atoms in total. The van der Waals surface area contributed by atoms with Crippen LogP contribution in [-0.2, 0) is 9.78 Å². The average molecular weight is 237 g/mol. The minimum Gasteiger partial charge on any atom is -0.497 e. The van der Waals surface area contributed by atoms with Gasteiger partial charge in [0.2, 0.25) is 0 Å². The number of benzene rings is 1. The number of carbonyl (C=O) groups is 1. The van der Waals surface area contributed by atoms with Gasteiger partial charge in [0.25, 0.3) is 0 Å². The minimum atomic E-state index is -0.534. The minimum absolute atomic E-state index is 0.166. The summed E-state index contributed by atoms with van der Waals surface area (Å²) in [6.07, 6.45) is 0. The van der Waals surface area contributed by atoms with Crippen molar-refractivity contribution in [3.05, 3.63) is 36.4 Å². The van der Waals surface area contributed by atoms with Crippen LogP contribution in [0.4, 0.5) is 0 Å². The predicted octanol–water partition coefficient (Wildman–Crippen LogP) is 2.99. The lowest BCUT2D eigenvalue weighted by Crippen LogP contribution is -2.12. The Morgan fingerprint density at radius 2 is 1.76 bits per heavy atom. The highest BCUT2D eigenvalue weighted by Gasteiger charge is 2.14. The summed E-state index contributed by atoms with van der Waals surface area (Å²) in [5.41, 5.74) is 0.244. The van der Waals surface area contributed by atoms with Crippen LogP contribution >= 0.6 is 0 Å². The molecule has 0 unspecified atom stereocenters. The molecule has 1 aromatic carbocycles. The number of hydrogen-bond acceptors (Lipinski definition) is 4. The maximum absolute atomic E-state index is 11.5. The van der Waals surface area contributed by atoms with E-state index in [0.717, 1.165) is 0 Å². The van der Waals surface area contributed by atoms with Crippen molar-refractivity contribution in [2.45, 2.75) is 20.8 Å². The van der Waals surface area contributed by atoms with Gasteiger partial charge in [0.05, 0.1) is 12.7 Å². The Morgan fingerprint density at radius 3 is 2.24 bits per heavy atom. The van der Waals surface area contributed by atoms with Crippen LogP contribution in [0.3, 0.4) is 0 Å². The maximum atomic E-state index is 11.5. The summed E-state index contributed by atoms with van der Waals surface area (Å²) in [5.74, 6) is 0.150. The van der Waals surface area contributed by atoms with Crippen molar-refractivity contribution >= 4 is 5.97 Å². The number of rotatable bonds is 4. The summed E-state index contributed by atoms with van der Waals surface area (Å²) in [6.45, 7) is 7.28. The Morgan fingerprint density at radius 1 is 1.18 bits per heavy atom. The van der Waals surface area contributed by atoms with Gasteiger partial charge in [-0.15, -0.1) is 0 Å². The average Bonchev–Trinajstić information content (AvgIpc) is 2.27. The summed E-state index contributed by atoms with van der Waals surface area (Å²) in [6, 6.07) is 6.59. The molecule has 1 rings (SSSR count). The Bertz CT molecular complexity index is 362. The fourth-order valence-corrected chi connectivity index (χ4v) is 0.987.